The number of amides is 1. The van der Waals surface area contributed by atoms with Gasteiger partial charge >= 0.3 is 5.97 Å². The molecule has 5 heteroatoms. The molecule has 1 aromatic rings. The van der Waals surface area contributed by atoms with Gasteiger partial charge in [0.05, 0.1) is 11.1 Å². The Morgan fingerprint density at radius 3 is 2.41 bits per heavy atom. The monoisotopic (exact) mass is 253 g/mol. The number of carbonyl (C=O) groups excluding carboxylic acids is 1. The number of thiol groups is 1. The van der Waals surface area contributed by atoms with Gasteiger partial charge in [-0.2, -0.15) is 12.6 Å². The second-order valence-corrected chi connectivity index (χ2v) is 3.98. The molecular weight excluding hydrogens is 238 g/mol. The lowest BCUT2D eigenvalue weighted by molar-refractivity contribution is 0.0691. The third-order valence-corrected chi connectivity index (χ3v) is 2.59. The Morgan fingerprint density at radius 2 is 1.82 bits per heavy atom. The topological polar surface area (TPSA) is 66.4 Å². The normalized spacial score (nSPS) is 9.94. The van der Waals surface area contributed by atoms with Crippen LogP contribution in [-0.4, -0.2) is 29.3 Å². The molecule has 0 radical (unpaired) electrons. The van der Waals surface area contributed by atoms with Crippen molar-refractivity contribution in [3.05, 3.63) is 35.4 Å². The van der Waals surface area contributed by atoms with Crippen LogP contribution in [-0.2, 0) is 0 Å². The lowest BCUT2D eigenvalue weighted by Gasteiger charge is -2.07. The Bertz CT molecular complexity index is 406. The van der Waals surface area contributed by atoms with Gasteiger partial charge in [0.25, 0.3) is 5.91 Å². The molecule has 0 spiro atoms. The van der Waals surface area contributed by atoms with Crippen LogP contribution in [0.1, 0.15) is 33.6 Å². The van der Waals surface area contributed by atoms with E-state index in [9.17, 15) is 9.59 Å². The number of nitrogens with one attached hydrogen (secondary N) is 1. The molecule has 0 atom stereocenters. The fourth-order valence-corrected chi connectivity index (χ4v) is 1.63. The van der Waals surface area contributed by atoms with E-state index in [0.29, 0.717) is 6.54 Å². The number of carboxylic acid groups (broad SMARTS) is 1. The van der Waals surface area contributed by atoms with E-state index >= 15 is 0 Å². The standard InChI is InChI=1S/C12H15NO3S/c14-11(13-7-3-4-8-17)9-5-1-2-6-10(9)12(15)16/h1-2,5-6,17H,3-4,7-8H2,(H,13,14)(H,15,16). The van der Waals surface area contributed by atoms with Gasteiger partial charge in [-0.3, -0.25) is 4.79 Å². The minimum Gasteiger partial charge on any atom is -0.478 e. The van der Waals surface area contributed by atoms with Gasteiger partial charge in [-0.15, -0.1) is 0 Å². The molecule has 4 nitrogen and oxygen atoms in total. The summed E-state index contributed by atoms with van der Waals surface area (Å²) in [6.07, 6.45) is 1.76. The van der Waals surface area contributed by atoms with Crippen LogP contribution in [0.2, 0.25) is 0 Å². The van der Waals surface area contributed by atoms with E-state index in [-0.39, 0.29) is 17.0 Å². The molecule has 1 rings (SSSR count). The highest BCUT2D eigenvalue weighted by Gasteiger charge is 2.14. The van der Waals surface area contributed by atoms with Crippen molar-refractivity contribution >= 4 is 24.5 Å². The van der Waals surface area contributed by atoms with Crippen LogP contribution in [0.3, 0.4) is 0 Å². The van der Waals surface area contributed by atoms with Crippen LogP contribution in [0.15, 0.2) is 24.3 Å². The summed E-state index contributed by atoms with van der Waals surface area (Å²) >= 11 is 4.07. The minimum absolute atomic E-state index is 0.0270. The Balaban J connectivity index is 2.65. The summed E-state index contributed by atoms with van der Waals surface area (Å²) in [5.41, 5.74) is 0.227. The molecule has 0 fully saturated rings. The number of carbonyl (C=O) groups is 2. The van der Waals surface area contributed by atoms with Crippen LogP contribution in [0.5, 0.6) is 0 Å². The molecule has 92 valence electrons. The van der Waals surface area contributed by atoms with Crippen molar-refractivity contribution in [2.75, 3.05) is 12.3 Å². The second-order valence-electron chi connectivity index (χ2n) is 3.54. The average molecular weight is 253 g/mol. The number of hydrogen-bond donors (Lipinski definition) is 3. The third kappa shape index (κ3) is 4.11. The highest BCUT2D eigenvalue weighted by molar-refractivity contribution is 7.80. The van der Waals surface area contributed by atoms with Gasteiger partial charge < -0.3 is 10.4 Å². The smallest absolute Gasteiger partial charge is 0.336 e. The Kier molecular flexibility index (Phi) is 5.56. The lowest BCUT2D eigenvalue weighted by atomic mass is 10.1. The zero-order chi connectivity index (χ0) is 12.7. The highest BCUT2D eigenvalue weighted by atomic mass is 32.1. The van der Waals surface area contributed by atoms with E-state index in [1.165, 1.54) is 12.1 Å². The van der Waals surface area contributed by atoms with E-state index in [1.54, 1.807) is 12.1 Å². The second kappa shape index (κ2) is 6.96. The maximum atomic E-state index is 11.7. The van der Waals surface area contributed by atoms with Gasteiger partial charge in [-0.05, 0) is 30.7 Å². The molecule has 0 aliphatic carbocycles. The van der Waals surface area contributed by atoms with Crippen LogP contribution in [0, 0.1) is 0 Å². The molecule has 0 aliphatic heterocycles. The van der Waals surface area contributed by atoms with Crippen molar-refractivity contribution in [2.24, 2.45) is 0 Å². The highest BCUT2D eigenvalue weighted by Crippen LogP contribution is 2.08. The summed E-state index contributed by atoms with van der Waals surface area (Å²) in [7, 11) is 0. The number of aromatic carboxylic acids is 1. The van der Waals surface area contributed by atoms with Crippen LogP contribution < -0.4 is 5.32 Å². The third-order valence-electron chi connectivity index (χ3n) is 2.27. The predicted molar refractivity (Wildman–Crippen MR) is 68.8 cm³/mol. The minimum atomic E-state index is -1.09. The van der Waals surface area contributed by atoms with Crippen molar-refractivity contribution in [3.8, 4) is 0 Å². The van der Waals surface area contributed by atoms with Crippen LogP contribution in [0.4, 0.5) is 0 Å². The fraction of sp³-hybridized carbons (Fsp3) is 0.333. The molecule has 0 saturated heterocycles. The summed E-state index contributed by atoms with van der Waals surface area (Å²) in [4.78, 5) is 22.7. The Hall–Kier alpha value is -1.49. The molecule has 0 heterocycles. The van der Waals surface area contributed by atoms with E-state index in [1.807, 2.05) is 0 Å². The van der Waals surface area contributed by atoms with Gasteiger partial charge in [0.2, 0.25) is 0 Å². The van der Waals surface area contributed by atoms with Crippen molar-refractivity contribution < 1.29 is 14.7 Å². The first kappa shape index (κ1) is 13.6. The molecule has 0 aromatic heterocycles. The summed E-state index contributed by atoms with van der Waals surface area (Å²) in [5.74, 6) is -0.657. The molecule has 0 bridgehead atoms. The first-order chi connectivity index (χ1) is 8.16. The maximum Gasteiger partial charge on any atom is 0.336 e. The average Bonchev–Trinajstić information content (AvgIpc) is 2.34. The molecule has 0 aliphatic rings. The van der Waals surface area contributed by atoms with Gasteiger partial charge in [-0.25, -0.2) is 4.79 Å². The molecule has 2 N–H and O–H groups in total. The summed E-state index contributed by atoms with van der Waals surface area (Å²) in [5, 5.41) is 11.6. The lowest BCUT2D eigenvalue weighted by Crippen LogP contribution is -2.26. The van der Waals surface area contributed by atoms with E-state index in [0.717, 1.165) is 18.6 Å². The number of rotatable bonds is 6. The van der Waals surface area contributed by atoms with Gasteiger partial charge in [0.1, 0.15) is 0 Å². The number of carboxylic acids is 1. The summed E-state index contributed by atoms with van der Waals surface area (Å²) in [6, 6.07) is 6.18. The fourth-order valence-electron chi connectivity index (χ4n) is 1.40. The summed E-state index contributed by atoms with van der Waals surface area (Å²) < 4.78 is 0. The van der Waals surface area contributed by atoms with Crippen molar-refractivity contribution in [1.82, 2.24) is 5.32 Å². The van der Waals surface area contributed by atoms with Crippen molar-refractivity contribution in [1.29, 1.82) is 0 Å². The largest absolute Gasteiger partial charge is 0.478 e. The summed E-state index contributed by atoms with van der Waals surface area (Å²) in [6.45, 7) is 0.535. The molecule has 0 saturated carbocycles. The van der Waals surface area contributed by atoms with Gasteiger partial charge in [0.15, 0.2) is 0 Å². The van der Waals surface area contributed by atoms with Gasteiger partial charge in [-0.1, -0.05) is 12.1 Å². The first-order valence-corrected chi connectivity index (χ1v) is 6.01. The predicted octanol–water partition coefficient (Wildman–Crippen LogP) is 1.82. The van der Waals surface area contributed by atoms with E-state index < -0.39 is 5.97 Å². The molecule has 1 aromatic carbocycles. The van der Waals surface area contributed by atoms with Crippen LogP contribution >= 0.6 is 12.6 Å². The number of unbranched alkanes of at least 4 members (excludes halogenated alkanes) is 1. The SMILES string of the molecule is O=C(O)c1ccccc1C(=O)NCCCCS. The molecule has 1 amide bonds. The zero-order valence-electron chi connectivity index (χ0n) is 9.35. The number of benzene rings is 1. The molecule has 0 unspecified atom stereocenters. The number of hydrogen-bond acceptors (Lipinski definition) is 3. The zero-order valence-corrected chi connectivity index (χ0v) is 10.2. The Morgan fingerprint density at radius 1 is 1.18 bits per heavy atom. The van der Waals surface area contributed by atoms with Crippen molar-refractivity contribution in [2.45, 2.75) is 12.8 Å². The van der Waals surface area contributed by atoms with Crippen molar-refractivity contribution in [3.63, 3.8) is 0 Å². The first-order valence-electron chi connectivity index (χ1n) is 5.38. The van der Waals surface area contributed by atoms with E-state index in [2.05, 4.69) is 17.9 Å². The quantitative estimate of drug-likeness (QED) is 0.535. The molecular formula is C12H15NO3S. The van der Waals surface area contributed by atoms with E-state index in [4.69, 9.17) is 5.11 Å². The van der Waals surface area contributed by atoms with Gasteiger partial charge in [0, 0.05) is 6.54 Å². The maximum absolute atomic E-state index is 11.7. The molecule has 17 heavy (non-hydrogen) atoms. The Labute approximate surface area is 105 Å². The van der Waals surface area contributed by atoms with Crippen LogP contribution in [0.25, 0.3) is 0 Å².